The minimum Gasteiger partial charge on any atom is -0.329 e. The van der Waals surface area contributed by atoms with E-state index in [1.807, 2.05) is 24.8 Å². The van der Waals surface area contributed by atoms with Gasteiger partial charge in [0.1, 0.15) is 4.88 Å². The van der Waals surface area contributed by atoms with E-state index >= 15 is 0 Å². The number of carbonyl (C=O) groups excluding carboxylic acids is 1. The average molecular weight is 386 g/mol. The number of aromatic amines is 1. The molecule has 142 valence electrons. The van der Waals surface area contributed by atoms with E-state index in [9.17, 15) is 9.59 Å². The summed E-state index contributed by atoms with van der Waals surface area (Å²) in [5.41, 5.74) is 3.50. The number of hydrogen-bond donors (Lipinski definition) is 1. The molecule has 0 radical (unpaired) electrons. The summed E-state index contributed by atoms with van der Waals surface area (Å²) in [6, 6.07) is 1.78. The molecule has 1 aliphatic heterocycles. The normalized spacial score (nSPS) is 17.6. The number of carbonyl (C=O) groups is 1. The van der Waals surface area contributed by atoms with Gasteiger partial charge in [0.05, 0.1) is 17.4 Å². The van der Waals surface area contributed by atoms with Crippen molar-refractivity contribution in [2.45, 2.75) is 52.5 Å². The molecule has 0 spiro atoms. The van der Waals surface area contributed by atoms with Gasteiger partial charge in [0.2, 0.25) is 0 Å². The second kappa shape index (κ2) is 6.88. The molecule has 1 saturated heterocycles. The quantitative estimate of drug-likeness (QED) is 0.746. The number of nitrogens with zero attached hydrogens (tertiary/aromatic N) is 5. The van der Waals surface area contributed by atoms with Gasteiger partial charge >= 0.3 is 0 Å². The molecule has 4 rings (SSSR count). The van der Waals surface area contributed by atoms with E-state index in [2.05, 4.69) is 19.7 Å². The zero-order chi connectivity index (χ0) is 19.1. The Morgan fingerprint density at radius 3 is 2.85 bits per heavy atom. The predicted octanol–water partition coefficient (Wildman–Crippen LogP) is 2.42. The van der Waals surface area contributed by atoms with Gasteiger partial charge in [-0.2, -0.15) is 0 Å². The molecule has 0 bridgehead atoms. The molecule has 3 aromatic heterocycles. The second-order valence-corrected chi connectivity index (χ2v) is 7.69. The highest BCUT2D eigenvalue weighted by Gasteiger charge is 2.32. The van der Waals surface area contributed by atoms with Gasteiger partial charge in [-0.3, -0.25) is 14.7 Å². The molecule has 1 N–H and O–H groups in total. The SMILES string of the molecule is CCc1c(C)nc2cc([C@@H]3CCCCN3C(=O)c3snnc3C)[nH]n2c1=O. The van der Waals surface area contributed by atoms with Gasteiger partial charge in [0.15, 0.2) is 5.65 Å². The van der Waals surface area contributed by atoms with Crippen LogP contribution in [0, 0.1) is 13.8 Å². The van der Waals surface area contributed by atoms with Gasteiger partial charge in [-0.15, -0.1) is 5.10 Å². The minimum absolute atomic E-state index is 0.0448. The van der Waals surface area contributed by atoms with E-state index in [0.29, 0.717) is 34.7 Å². The first-order valence-electron chi connectivity index (χ1n) is 9.22. The highest BCUT2D eigenvalue weighted by Crippen LogP contribution is 2.32. The van der Waals surface area contributed by atoms with Gasteiger partial charge in [0.25, 0.3) is 11.5 Å². The fourth-order valence-corrected chi connectivity index (χ4v) is 4.44. The van der Waals surface area contributed by atoms with Crippen molar-refractivity contribution in [3.05, 3.63) is 43.9 Å². The van der Waals surface area contributed by atoms with E-state index in [1.54, 1.807) is 6.92 Å². The van der Waals surface area contributed by atoms with Crippen LogP contribution in [0.5, 0.6) is 0 Å². The van der Waals surface area contributed by atoms with Crippen LogP contribution >= 0.6 is 11.5 Å². The zero-order valence-electron chi connectivity index (χ0n) is 15.7. The predicted molar refractivity (Wildman–Crippen MR) is 102 cm³/mol. The van der Waals surface area contributed by atoms with Crippen molar-refractivity contribution in [1.29, 1.82) is 0 Å². The van der Waals surface area contributed by atoms with E-state index in [1.165, 1.54) is 4.52 Å². The largest absolute Gasteiger partial charge is 0.329 e. The summed E-state index contributed by atoms with van der Waals surface area (Å²) in [6.45, 7) is 6.30. The average Bonchev–Trinajstić information content (AvgIpc) is 3.28. The van der Waals surface area contributed by atoms with Crippen LogP contribution in [-0.4, -0.2) is 41.5 Å². The summed E-state index contributed by atoms with van der Waals surface area (Å²) in [7, 11) is 0. The molecule has 1 fully saturated rings. The number of likely N-dealkylation sites (tertiary alicyclic amines) is 1. The van der Waals surface area contributed by atoms with E-state index in [-0.39, 0.29) is 17.5 Å². The molecule has 3 aromatic rings. The summed E-state index contributed by atoms with van der Waals surface area (Å²) in [5, 5.41) is 7.16. The van der Waals surface area contributed by atoms with E-state index in [0.717, 1.165) is 42.2 Å². The number of hydrogen-bond acceptors (Lipinski definition) is 6. The molecule has 0 unspecified atom stereocenters. The first-order chi connectivity index (χ1) is 13.0. The van der Waals surface area contributed by atoms with Gasteiger partial charge in [-0.1, -0.05) is 11.4 Å². The lowest BCUT2D eigenvalue weighted by molar-refractivity contribution is 0.0610. The highest BCUT2D eigenvalue weighted by molar-refractivity contribution is 7.07. The molecule has 0 saturated carbocycles. The minimum atomic E-state index is -0.112. The van der Waals surface area contributed by atoms with Crippen LogP contribution in [0.15, 0.2) is 10.9 Å². The van der Waals surface area contributed by atoms with Gasteiger partial charge in [-0.05, 0) is 51.1 Å². The Morgan fingerprint density at radius 1 is 1.33 bits per heavy atom. The van der Waals surface area contributed by atoms with Crippen molar-refractivity contribution in [3.8, 4) is 0 Å². The monoisotopic (exact) mass is 386 g/mol. The number of nitrogens with one attached hydrogen (secondary N) is 1. The molecule has 0 aliphatic carbocycles. The number of rotatable bonds is 3. The zero-order valence-corrected chi connectivity index (χ0v) is 16.5. The smallest absolute Gasteiger partial charge is 0.276 e. The fraction of sp³-hybridized carbons (Fsp3) is 0.500. The molecule has 1 amide bonds. The maximum absolute atomic E-state index is 13.1. The summed E-state index contributed by atoms with van der Waals surface area (Å²) >= 11 is 1.13. The van der Waals surface area contributed by atoms with Crippen molar-refractivity contribution < 1.29 is 4.79 Å². The molecular weight excluding hydrogens is 364 g/mol. The molecule has 9 heteroatoms. The number of fused-ring (bicyclic) bond motifs is 1. The molecular formula is C18H22N6O2S. The van der Waals surface area contributed by atoms with Crippen LogP contribution in [0.4, 0.5) is 0 Å². The molecule has 1 atom stereocenters. The summed E-state index contributed by atoms with van der Waals surface area (Å²) in [6.07, 6.45) is 3.48. The van der Waals surface area contributed by atoms with E-state index in [4.69, 9.17) is 0 Å². The van der Waals surface area contributed by atoms with Crippen molar-refractivity contribution in [1.82, 2.24) is 29.1 Å². The lowest BCUT2D eigenvalue weighted by Gasteiger charge is -2.34. The Bertz CT molecular complexity index is 1070. The van der Waals surface area contributed by atoms with Crippen LogP contribution < -0.4 is 5.56 Å². The third kappa shape index (κ3) is 2.95. The summed E-state index contributed by atoms with van der Waals surface area (Å²) in [4.78, 5) is 32.8. The number of aromatic nitrogens is 5. The van der Waals surface area contributed by atoms with Crippen LogP contribution in [0.25, 0.3) is 5.65 Å². The summed E-state index contributed by atoms with van der Waals surface area (Å²) in [5.74, 6) is -0.0448. The number of amides is 1. The highest BCUT2D eigenvalue weighted by atomic mass is 32.1. The van der Waals surface area contributed by atoms with Gasteiger partial charge < -0.3 is 4.90 Å². The third-order valence-electron chi connectivity index (χ3n) is 5.26. The third-order valence-corrected chi connectivity index (χ3v) is 6.07. The van der Waals surface area contributed by atoms with Crippen LogP contribution in [0.1, 0.15) is 64.5 Å². The fourth-order valence-electron chi connectivity index (χ4n) is 3.82. The van der Waals surface area contributed by atoms with Crippen molar-refractivity contribution >= 4 is 23.1 Å². The molecule has 1 aliphatic rings. The van der Waals surface area contributed by atoms with Crippen LogP contribution in [0.3, 0.4) is 0 Å². The Morgan fingerprint density at radius 2 is 2.15 bits per heavy atom. The Kier molecular flexibility index (Phi) is 4.55. The number of H-pyrrole nitrogens is 1. The first-order valence-corrected chi connectivity index (χ1v) is 9.99. The Labute approximate surface area is 160 Å². The van der Waals surface area contributed by atoms with Crippen LogP contribution in [-0.2, 0) is 6.42 Å². The maximum atomic E-state index is 13.1. The van der Waals surface area contributed by atoms with Crippen molar-refractivity contribution in [3.63, 3.8) is 0 Å². The van der Waals surface area contributed by atoms with Gasteiger partial charge in [0, 0.05) is 23.9 Å². The van der Waals surface area contributed by atoms with Gasteiger partial charge in [-0.25, -0.2) is 9.50 Å². The second-order valence-electron chi connectivity index (χ2n) is 6.94. The topological polar surface area (TPSA) is 96.2 Å². The molecule has 8 nitrogen and oxygen atoms in total. The van der Waals surface area contributed by atoms with Crippen LogP contribution in [0.2, 0.25) is 0 Å². The molecule has 27 heavy (non-hydrogen) atoms. The van der Waals surface area contributed by atoms with Crippen molar-refractivity contribution in [2.24, 2.45) is 0 Å². The molecule has 4 heterocycles. The standard InChI is InChI=1S/C18H22N6O2S/c1-4-12-10(2)19-15-9-13(21-24(15)17(12)25)14-7-5-6-8-23(14)18(26)16-11(3)20-22-27-16/h9,14,21H,4-8H2,1-3H3/t14-/m0/s1. The number of piperidine rings is 1. The van der Waals surface area contributed by atoms with Crippen molar-refractivity contribution in [2.75, 3.05) is 6.54 Å². The molecule has 0 aromatic carbocycles. The summed E-state index contributed by atoms with van der Waals surface area (Å²) < 4.78 is 5.39. The lowest BCUT2D eigenvalue weighted by atomic mass is 9.99. The van der Waals surface area contributed by atoms with E-state index < -0.39 is 0 Å². The lowest BCUT2D eigenvalue weighted by Crippen LogP contribution is -2.38. The Balaban J connectivity index is 1.76. The maximum Gasteiger partial charge on any atom is 0.276 e. The first kappa shape index (κ1) is 17.8. The number of aryl methyl sites for hydroxylation is 2. The Hall–Kier alpha value is -2.55.